The summed E-state index contributed by atoms with van der Waals surface area (Å²) in [6.07, 6.45) is 0. The number of carbonyl (C=O) groups excluding carboxylic acids is 1. The van der Waals surface area contributed by atoms with E-state index in [0.29, 0.717) is 17.9 Å². The Bertz CT molecular complexity index is 933. The molecule has 0 spiro atoms. The van der Waals surface area contributed by atoms with Gasteiger partial charge in [0, 0.05) is 23.4 Å². The van der Waals surface area contributed by atoms with Crippen LogP contribution in [0.25, 0.3) is 0 Å². The summed E-state index contributed by atoms with van der Waals surface area (Å²) in [5, 5.41) is 13.4. The first-order valence-electron chi connectivity index (χ1n) is 8.35. The van der Waals surface area contributed by atoms with Gasteiger partial charge in [0.15, 0.2) is 0 Å². The van der Waals surface area contributed by atoms with Crippen molar-refractivity contribution in [1.29, 1.82) is 0 Å². The lowest BCUT2D eigenvalue weighted by Gasteiger charge is -2.08. The maximum atomic E-state index is 12.3. The molecule has 0 aliphatic carbocycles. The number of nitrogens with zero attached hydrogens (tertiary/aromatic N) is 1. The van der Waals surface area contributed by atoms with Gasteiger partial charge in [0.1, 0.15) is 12.4 Å². The van der Waals surface area contributed by atoms with Crippen LogP contribution in [0, 0.1) is 17.0 Å². The van der Waals surface area contributed by atoms with Crippen LogP contribution in [-0.2, 0) is 6.61 Å². The van der Waals surface area contributed by atoms with E-state index < -0.39 is 4.92 Å². The van der Waals surface area contributed by atoms with E-state index in [9.17, 15) is 14.9 Å². The van der Waals surface area contributed by atoms with Crippen LogP contribution in [0.1, 0.15) is 21.5 Å². The highest BCUT2D eigenvalue weighted by Crippen LogP contribution is 2.17. The minimum Gasteiger partial charge on any atom is -0.489 e. The zero-order valence-corrected chi connectivity index (χ0v) is 14.7. The number of rotatable bonds is 6. The van der Waals surface area contributed by atoms with E-state index in [0.717, 1.165) is 11.3 Å². The number of hydrogen-bond donors (Lipinski definition) is 1. The number of ether oxygens (including phenoxy) is 1. The first-order chi connectivity index (χ1) is 13.0. The molecule has 3 aromatic rings. The van der Waals surface area contributed by atoms with Crippen molar-refractivity contribution in [2.24, 2.45) is 0 Å². The Labute approximate surface area is 156 Å². The molecule has 0 saturated heterocycles. The molecule has 3 aromatic carbocycles. The zero-order valence-electron chi connectivity index (χ0n) is 14.7. The third kappa shape index (κ3) is 4.92. The van der Waals surface area contributed by atoms with Gasteiger partial charge in [-0.1, -0.05) is 29.8 Å². The highest BCUT2D eigenvalue weighted by molar-refractivity contribution is 6.04. The molecule has 0 aliphatic heterocycles. The molecule has 0 bridgehead atoms. The van der Waals surface area contributed by atoms with Gasteiger partial charge < -0.3 is 10.1 Å². The molecule has 0 aliphatic rings. The van der Waals surface area contributed by atoms with Crippen molar-refractivity contribution in [2.45, 2.75) is 13.5 Å². The summed E-state index contributed by atoms with van der Waals surface area (Å²) in [5.74, 6) is 0.510. The number of non-ortho nitro benzene ring substituents is 1. The van der Waals surface area contributed by atoms with E-state index in [2.05, 4.69) is 5.32 Å². The zero-order chi connectivity index (χ0) is 19.2. The van der Waals surface area contributed by atoms with Crippen molar-refractivity contribution >= 4 is 17.3 Å². The fourth-order valence-electron chi connectivity index (χ4n) is 2.42. The number of nitro benzene ring substituents is 1. The maximum Gasteiger partial charge on any atom is 0.269 e. The average molecular weight is 362 g/mol. The smallest absolute Gasteiger partial charge is 0.269 e. The summed E-state index contributed by atoms with van der Waals surface area (Å²) in [7, 11) is 0. The summed E-state index contributed by atoms with van der Waals surface area (Å²) < 4.78 is 5.72. The van der Waals surface area contributed by atoms with Crippen molar-refractivity contribution in [3.8, 4) is 5.75 Å². The first-order valence-corrected chi connectivity index (χ1v) is 8.35. The molecule has 0 unspecified atom stereocenters. The van der Waals surface area contributed by atoms with E-state index in [1.165, 1.54) is 29.8 Å². The monoisotopic (exact) mass is 362 g/mol. The lowest BCUT2D eigenvalue weighted by atomic mass is 10.1. The number of aryl methyl sites for hydroxylation is 1. The highest BCUT2D eigenvalue weighted by Gasteiger charge is 2.08. The van der Waals surface area contributed by atoms with Crippen LogP contribution >= 0.6 is 0 Å². The van der Waals surface area contributed by atoms with E-state index >= 15 is 0 Å². The molecule has 0 fully saturated rings. The Kier molecular flexibility index (Phi) is 5.47. The number of anilines is 1. The fraction of sp³-hybridized carbons (Fsp3) is 0.0952. The SMILES string of the molecule is Cc1ccc(OCc2ccc(C(=O)Nc3ccc([N+](=O)[O-])cc3)cc2)cc1. The molecule has 1 N–H and O–H groups in total. The number of amides is 1. The van der Waals surface area contributed by atoms with Gasteiger partial charge in [-0.25, -0.2) is 0 Å². The predicted octanol–water partition coefficient (Wildman–Crippen LogP) is 4.73. The summed E-state index contributed by atoms with van der Waals surface area (Å²) >= 11 is 0. The third-order valence-corrected chi connectivity index (χ3v) is 3.98. The van der Waals surface area contributed by atoms with Crippen molar-refractivity contribution in [2.75, 3.05) is 5.32 Å². The largest absolute Gasteiger partial charge is 0.489 e. The molecule has 6 heteroatoms. The Morgan fingerprint density at radius 2 is 1.59 bits per heavy atom. The molecule has 6 nitrogen and oxygen atoms in total. The predicted molar refractivity (Wildman–Crippen MR) is 103 cm³/mol. The van der Waals surface area contributed by atoms with Crippen LogP contribution in [0.15, 0.2) is 72.8 Å². The molecular weight excluding hydrogens is 344 g/mol. The van der Waals surface area contributed by atoms with E-state index in [-0.39, 0.29) is 11.6 Å². The summed E-state index contributed by atoms with van der Waals surface area (Å²) in [6, 6.07) is 20.6. The van der Waals surface area contributed by atoms with Gasteiger partial charge in [0.2, 0.25) is 0 Å². The standard InChI is InChI=1S/C21H18N2O4/c1-15-2-12-20(13-3-15)27-14-16-4-6-17(7-5-16)21(24)22-18-8-10-19(11-9-18)23(25)26/h2-13H,14H2,1H3,(H,22,24). The van der Waals surface area contributed by atoms with Gasteiger partial charge in [0.05, 0.1) is 4.92 Å². The number of benzene rings is 3. The van der Waals surface area contributed by atoms with E-state index in [1.54, 1.807) is 12.1 Å². The maximum absolute atomic E-state index is 12.3. The van der Waals surface area contributed by atoms with Crippen LogP contribution in [0.3, 0.4) is 0 Å². The number of nitro groups is 1. The molecule has 136 valence electrons. The second-order valence-electron chi connectivity index (χ2n) is 6.06. The minimum absolute atomic E-state index is 0.0223. The molecule has 0 atom stereocenters. The van der Waals surface area contributed by atoms with Gasteiger partial charge in [-0.05, 0) is 48.9 Å². The number of nitrogens with one attached hydrogen (secondary N) is 1. The molecule has 3 rings (SSSR count). The number of carbonyl (C=O) groups is 1. The first kappa shape index (κ1) is 18.1. The Balaban J connectivity index is 1.58. The lowest BCUT2D eigenvalue weighted by molar-refractivity contribution is -0.384. The van der Waals surface area contributed by atoms with Gasteiger partial charge in [-0.2, -0.15) is 0 Å². The van der Waals surface area contributed by atoms with Crippen LogP contribution in [0.4, 0.5) is 11.4 Å². The second kappa shape index (κ2) is 8.14. The van der Waals surface area contributed by atoms with Gasteiger partial charge in [-0.3, -0.25) is 14.9 Å². The van der Waals surface area contributed by atoms with Crippen molar-refractivity contribution in [3.63, 3.8) is 0 Å². The van der Waals surface area contributed by atoms with Gasteiger partial charge >= 0.3 is 0 Å². The van der Waals surface area contributed by atoms with Crippen LogP contribution < -0.4 is 10.1 Å². The van der Waals surface area contributed by atoms with E-state index in [1.807, 2.05) is 43.3 Å². The highest BCUT2D eigenvalue weighted by atomic mass is 16.6. The van der Waals surface area contributed by atoms with E-state index in [4.69, 9.17) is 4.74 Å². The molecule has 1 amide bonds. The van der Waals surface area contributed by atoms with Crippen molar-refractivity contribution < 1.29 is 14.5 Å². The fourth-order valence-corrected chi connectivity index (χ4v) is 2.42. The quantitative estimate of drug-likeness (QED) is 0.507. The van der Waals surface area contributed by atoms with Crippen molar-refractivity contribution in [3.05, 3.63) is 99.6 Å². The Hall–Kier alpha value is -3.67. The topological polar surface area (TPSA) is 81.5 Å². The summed E-state index contributed by atoms with van der Waals surface area (Å²) in [6.45, 7) is 2.43. The number of hydrogen-bond acceptors (Lipinski definition) is 4. The summed E-state index contributed by atoms with van der Waals surface area (Å²) in [4.78, 5) is 22.5. The summed E-state index contributed by atoms with van der Waals surface area (Å²) in [5.41, 5.74) is 3.09. The molecule has 0 saturated carbocycles. The van der Waals surface area contributed by atoms with Crippen LogP contribution in [0.2, 0.25) is 0 Å². The molecule has 0 radical (unpaired) electrons. The average Bonchev–Trinajstić information content (AvgIpc) is 2.68. The Morgan fingerprint density at radius 3 is 2.19 bits per heavy atom. The van der Waals surface area contributed by atoms with Gasteiger partial charge in [0.25, 0.3) is 11.6 Å². The molecular formula is C21H18N2O4. The van der Waals surface area contributed by atoms with Crippen LogP contribution in [0.5, 0.6) is 5.75 Å². The second-order valence-corrected chi connectivity index (χ2v) is 6.06. The molecule has 27 heavy (non-hydrogen) atoms. The third-order valence-electron chi connectivity index (χ3n) is 3.98. The lowest BCUT2D eigenvalue weighted by Crippen LogP contribution is -2.11. The van der Waals surface area contributed by atoms with Crippen molar-refractivity contribution in [1.82, 2.24) is 0 Å². The minimum atomic E-state index is -0.483. The molecule has 0 aromatic heterocycles. The van der Waals surface area contributed by atoms with Crippen LogP contribution in [-0.4, -0.2) is 10.8 Å². The van der Waals surface area contributed by atoms with Gasteiger partial charge in [-0.15, -0.1) is 0 Å². The molecule has 0 heterocycles. The normalized spacial score (nSPS) is 10.3. The Morgan fingerprint density at radius 1 is 0.963 bits per heavy atom.